The highest BCUT2D eigenvalue weighted by Crippen LogP contribution is 2.25. The van der Waals surface area contributed by atoms with Crippen LogP contribution in [0.5, 0.6) is 0 Å². The first-order chi connectivity index (χ1) is 6.00. The predicted octanol–water partition coefficient (Wildman–Crippen LogP) is 2.58. The summed E-state index contributed by atoms with van der Waals surface area (Å²) in [6.45, 7) is 1.22. The number of hydrogen-bond acceptors (Lipinski definition) is 1. The van der Waals surface area contributed by atoms with Crippen LogP contribution >= 0.6 is 11.6 Å². The first-order valence-corrected chi connectivity index (χ1v) is 3.80. The number of halogens is 3. The van der Waals surface area contributed by atoms with Crippen LogP contribution in [0.3, 0.4) is 0 Å². The Labute approximate surface area is 78.5 Å². The first-order valence-electron chi connectivity index (χ1n) is 3.43. The predicted molar refractivity (Wildman–Crippen MR) is 45.7 cm³/mol. The van der Waals surface area contributed by atoms with Crippen molar-refractivity contribution in [2.45, 2.75) is 6.92 Å². The molecule has 0 bridgehead atoms. The molecule has 2 nitrogen and oxygen atoms in total. The minimum Gasteiger partial charge on any atom is -0.325 e. The van der Waals surface area contributed by atoms with Crippen molar-refractivity contribution in [2.24, 2.45) is 0 Å². The largest absolute Gasteiger partial charge is 0.325 e. The van der Waals surface area contributed by atoms with E-state index in [-0.39, 0.29) is 10.7 Å². The van der Waals surface area contributed by atoms with Gasteiger partial charge >= 0.3 is 0 Å². The third-order valence-corrected chi connectivity index (χ3v) is 1.69. The van der Waals surface area contributed by atoms with Crippen molar-refractivity contribution in [1.82, 2.24) is 0 Å². The van der Waals surface area contributed by atoms with Gasteiger partial charge in [0.2, 0.25) is 5.91 Å². The molecule has 70 valence electrons. The minimum atomic E-state index is -0.898. The van der Waals surface area contributed by atoms with Crippen LogP contribution in [-0.2, 0) is 4.79 Å². The molecule has 0 aliphatic carbocycles. The van der Waals surface area contributed by atoms with Crippen molar-refractivity contribution in [3.8, 4) is 0 Å². The van der Waals surface area contributed by atoms with Gasteiger partial charge in [0.1, 0.15) is 16.7 Å². The SMILES string of the molecule is CC(=O)Nc1cc(F)cc(F)c1Cl. The third-order valence-electron chi connectivity index (χ3n) is 1.30. The van der Waals surface area contributed by atoms with E-state index >= 15 is 0 Å². The van der Waals surface area contributed by atoms with E-state index in [9.17, 15) is 13.6 Å². The van der Waals surface area contributed by atoms with Crippen LogP contribution < -0.4 is 5.32 Å². The van der Waals surface area contributed by atoms with E-state index in [0.717, 1.165) is 6.07 Å². The Morgan fingerprint density at radius 3 is 2.62 bits per heavy atom. The molecule has 1 N–H and O–H groups in total. The molecule has 1 aromatic carbocycles. The molecular formula is C8H6ClF2NO. The molecule has 0 unspecified atom stereocenters. The summed E-state index contributed by atoms with van der Waals surface area (Å²) >= 11 is 5.45. The van der Waals surface area contributed by atoms with Crippen LogP contribution in [0.15, 0.2) is 12.1 Å². The summed E-state index contributed by atoms with van der Waals surface area (Å²) in [5, 5.41) is 1.91. The average Bonchev–Trinajstić information content (AvgIpc) is 1.98. The fraction of sp³-hybridized carbons (Fsp3) is 0.125. The van der Waals surface area contributed by atoms with Gasteiger partial charge in [0.05, 0.1) is 5.69 Å². The van der Waals surface area contributed by atoms with Gasteiger partial charge in [0.15, 0.2) is 0 Å². The molecule has 0 atom stereocenters. The van der Waals surface area contributed by atoms with E-state index in [0.29, 0.717) is 6.07 Å². The lowest BCUT2D eigenvalue weighted by Crippen LogP contribution is -2.07. The summed E-state index contributed by atoms with van der Waals surface area (Å²) in [6.07, 6.45) is 0. The molecule has 0 aliphatic rings. The Morgan fingerprint density at radius 1 is 1.46 bits per heavy atom. The topological polar surface area (TPSA) is 29.1 Å². The van der Waals surface area contributed by atoms with Crippen molar-refractivity contribution >= 4 is 23.2 Å². The van der Waals surface area contributed by atoms with E-state index in [1.54, 1.807) is 0 Å². The summed E-state index contributed by atoms with van der Waals surface area (Å²) in [4.78, 5) is 10.6. The monoisotopic (exact) mass is 205 g/mol. The summed E-state index contributed by atoms with van der Waals surface area (Å²) in [7, 11) is 0. The van der Waals surface area contributed by atoms with Crippen molar-refractivity contribution in [1.29, 1.82) is 0 Å². The maximum absolute atomic E-state index is 12.8. The van der Waals surface area contributed by atoms with Gasteiger partial charge in [0.25, 0.3) is 0 Å². The first kappa shape index (κ1) is 9.92. The molecule has 13 heavy (non-hydrogen) atoms. The molecule has 0 saturated heterocycles. The molecule has 0 radical (unpaired) electrons. The Bertz CT molecular complexity index is 354. The molecule has 1 aromatic rings. The second-order valence-corrected chi connectivity index (χ2v) is 2.81. The second-order valence-electron chi connectivity index (χ2n) is 2.43. The molecule has 1 rings (SSSR count). The number of hydrogen-bond donors (Lipinski definition) is 1. The van der Waals surface area contributed by atoms with E-state index in [4.69, 9.17) is 11.6 Å². The van der Waals surface area contributed by atoms with Gasteiger partial charge in [-0.2, -0.15) is 0 Å². The van der Waals surface area contributed by atoms with E-state index in [2.05, 4.69) is 5.32 Å². The van der Waals surface area contributed by atoms with Crippen molar-refractivity contribution < 1.29 is 13.6 Å². The van der Waals surface area contributed by atoms with E-state index in [1.807, 2.05) is 0 Å². The molecule has 0 fully saturated rings. The Kier molecular flexibility index (Phi) is 2.83. The van der Waals surface area contributed by atoms with Gasteiger partial charge < -0.3 is 5.32 Å². The van der Waals surface area contributed by atoms with Gasteiger partial charge in [-0.1, -0.05) is 11.6 Å². The number of carbonyl (C=O) groups excluding carboxylic acids is 1. The van der Waals surface area contributed by atoms with Gasteiger partial charge in [-0.05, 0) is 6.07 Å². The number of carbonyl (C=O) groups is 1. The third kappa shape index (κ3) is 2.39. The van der Waals surface area contributed by atoms with Crippen molar-refractivity contribution in [3.63, 3.8) is 0 Å². The Morgan fingerprint density at radius 2 is 2.08 bits per heavy atom. The zero-order valence-corrected chi connectivity index (χ0v) is 7.45. The number of anilines is 1. The van der Waals surface area contributed by atoms with Crippen LogP contribution in [0.2, 0.25) is 5.02 Å². The maximum atomic E-state index is 12.8. The zero-order valence-electron chi connectivity index (χ0n) is 6.70. The number of amides is 1. The molecule has 0 aromatic heterocycles. The normalized spacial score (nSPS) is 9.85. The highest BCUT2D eigenvalue weighted by atomic mass is 35.5. The molecule has 5 heteroatoms. The smallest absolute Gasteiger partial charge is 0.221 e. The van der Waals surface area contributed by atoms with Gasteiger partial charge in [0, 0.05) is 13.0 Å². The lowest BCUT2D eigenvalue weighted by atomic mass is 10.3. The Balaban J connectivity index is 3.12. The van der Waals surface area contributed by atoms with Crippen LogP contribution in [0.4, 0.5) is 14.5 Å². The lowest BCUT2D eigenvalue weighted by molar-refractivity contribution is -0.114. The zero-order chi connectivity index (χ0) is 10.0. The van der Waals surface area contributed by atoms with Gasteiger partial charge in [-0.3, -0.25) is 4.79 Å². The van der Waals surface area contributed by atoms with Crippen LogP contribution in [0.1, 0.15) is 6.92 Å². The molecule has 0 spiro atoms. The molecule has 1 amide bonds. The average molecular weight is 206 g/mol. The fourth-order valence-corrected chi connectivity index (χ4v) is 0.993. The fourth-order valence-electron chi connectivity index (χ4n) is 0.837. The standard InChI is InChI=1S/C8H6ClF2NO/c1-4(13)12-7-3-5(10)2-6(11)8(7)9/h2-3H,1H3,(H,12,13). The maximum Gasteiger partial charge on any atom is 0.221 e. The number of rotatable bonds is 1. The highest BCUT2D eigenvalue weighted by molar-refractivity contribution is 6.33. The van der Waals surface area contributed by atoms with Crippen LogP contribution in [0.25, 0.3) is 0 Å². The molecular weight excluding hydrogens is 200 g/mol. The van der Waals surface area contributed by atoms with Crippen LogP contribution in [0, 0.1) is 11.6 Å². The Hall–Kier alpha value is -1.16. The highest BCUT2D eigenvalue weighted by Gasteiger charge is 2.09. The number of benzene rings is 1. The van der Waals surface area contributed by atoms with Crippen molar-refractivity contribution in [2.75, 3.05) is 5.32 Å². The molecule has 0 aliphatic heterocycles. The summed E-state index contributed by atoms with van der Waals surface area (Å²) < 4.78 is 25.4. The van der Waals surface area contributed by atoms with E-state index in [1.165, 1.54) is 6.92 Å². The van der Waals surface area contributed by atoms with Crippen LogP contribution in [-0.4, -0.2) is 5.91 Å². The second kappa shape index (κ2) is 3.70. The van der Waals surface area contributed by atoms with Crippen molar-refractivity contribution in [3.05, 3.63) is 28.8 Å². The molecule has 0 saturated carbocycles. The summed E-state index contributed by atoms with van der Waals surface area (Å²) in [5.41, 5.74) is -0.0633. The molecule has 0 heterocycles. The summed E-state index contributed by atoms with van der Waals surface area (Å²) in [5.74, 6) is -2.12. The lowest BCUT2D eigenvalue weighted by Gasteiger charge is -2.05. The van der Waals surface area contributed by atoms with Gasteiger partial charge in [-0.15, -0.1) is 0 Å². The summed E-state index contributed by atoms with van der Waals surface area (Å²) in [6, 6.07) is 1.60. The quantitative estimate of drug-likeness (QED) is 0.702. The number of nitrogens with one attached hydrogen (secondary N) is 1. The van der Waals surface area contributed by atoms with E-state index < -0.39 is 17.5 Å². The van der Waals surface area contributed by atoms with Gasteiger partial charge in [-0.25, -0.2) is 8.78 Å². The minimum absolute atomic E-state index is 0.0633.